The summed E-state index contributed by atoms with van der Waals surface area (Å²) in [7, 11) is 2.71. The Labute approximate surface area is 143 Å². The molecule has 132 valence electrons. The van der Waals surface area contributed by atoms with E-state index in [4.69, 9.17) is 9.47 Å². The van der Waals surface area contributed by atoms with E-state index in [2.05, 4.69) is 4.74 Å². The van der Waals surface area contributed by atoms with Gasteiger partial charge < -0.3 is 19.3 Å². The number of carbonyl (C=O) groups excluding carboxylic acids is 1. The third-order valence-electron chi connectivity index (χ3n) is 3.30. The lowest BCUT2D eigenvalue weighted by Crippen LogP contribution is -2.03. The molecule has 2 aromatic rings. The van der Waals surface area contributed by atoms with Gasteiger partial charge in [0.25, 0.3) is 0 Å². The highest BCUT2D eigenvalue weighted by molar-refractivity contribution is 6.07. The minimum atomic E-state index is -2.99. The van der Waals surface area contributed by atoms with Crippen molar-refractivity contribution < 1.29 is 32.9 Å². The third-order valence-corrected chi connectivity index (χ3v) is 3.30. The van der Waals surface area contributed by atoms with Crippen molar-refractivity contribution in [3.63, 3.8) is 0 Å². The number of ketones is 1. The minimum Gasteiger partial charge on any atom is -0.504 e. The van der Waals surface area contributed by atoms with E-state index in [1.165, 1.54) is 56.7 Å². The lowest BCUT2D eigenvalue weighted by atomic mass is 10.1. The first-order valence-electron chi connectivity index (χ1n) is 7.17. The van der Waals surface area contributed by atoms with Crippen LogP contribution in [0, 0.1) is 0 Å². The zero-order valence-corrected chi connectivity index (χ0v) is 13.5. The largest absolute Gasteiger partial charge is 0.504 e. The highest BCUT2D eigenvalue weighted by atomic mass is 19.3. The molecule has 0 aliphatic carbocycles. The number of halogens is 2. The molecule has 0 aliphatic heterocycles. The van der Waals surface area contributed by atoms with Crippen LogP contribution >= 0.6 is 0 Å². The van der Waals surface area contributed by atoms with Crippen molar-refractivity contribution in [1.29, 1.82) is 0 Å². The van der Waals surface area contributed by atoms with Gasteiger partial charge in [-0.2, -0.15) is 8.78 Å². The zero-order chi connectivity index (χ0) is 18.4. The Kier molecular flexibility index (Phi) is 5.94. The van der Waals surface area contributed by atoms with Gasteiger partial charge in [0.15, 0.2) is 28.8 Å². The van der Waals surface area contributed by atoms with Crippen LogP contribution in [0.4, 0.5) is 8.78 Å². The molecule has 7 heteroatoms. The lowest BCUT2D eigenvalue weighted by molar-refractivity contribution is -0.0512. The average Bonchev–Trinajstić information content (AvgIpc) is 2.59. The summed E-state index contributed by atoms with van der Waals surface area (Å²) in [4.78, 5) is 12.2. The molecule has 2 rings (SSSR count). The predicted octanol–water partition coefficient (Wildman–Crippen LogP) is 3.91. The molecular formula is C18H16F2O5. The maximum absolute atomic E-state index is 12.4. The molecule has 0 radical (unpaired) electrons. The first-order chi connectivity index (χ1) is 11.9. The van der Waals surface area contributed by atoms with Crippen LogP contribution in [0.15, 0.2) is 42.5 Å². The smallest absolute Gasteiger partial charge is 0.387 e. The number of phenolic OH excluding ortho intramolecular Hbond substituents is 1. The summed E-state index contributed by atoms with van der Waals surface area (Å²) in [6.07, 6.45) is 2.74. The Bertz CT molecular complexity index is 787. The number of phenols is 1. The number of aromatic hydroxyl groups is 1. The molecule has 0 bridgehead atoms. The van der Waals surface area contributed by atoms with Crippen molar-refractivity contribution >= 4 is 11.9 Å². The van der Waals surface area contributed by atoms with Crippen LogP contribution in [0.1, 0.15) is 15.9 Å². The monoisotopic (exact) mass is 350 g/mol. The molecule has 0 fully saturated rings. The number of allylic oxidation sites excluding steroid dienone is 1. The summed E-state index contributed by atoms with van der Waals surface area (Å²) in [6.45, 7) is -2.99. The van der Waals surface area contributed by atoms with Crippen molar-refractivity contribution in [3.8, 4) is 23.0 Å². The molecule has 0 unspecified atom stereocenters. The number of hydrogen-bond donors (Lipinski definition) is 1. The molecule has 0 heterocycles. The normalized spacial score (nSPS) is 10.9. The predicted molar refractivity (Wildman–Crippen MR) is 87.6 cm³/mol. The Hall–Kier alpha value is -3.09. The molecule has 0 aromatic heterocycles. The second kappa shape index (κ2) is 8.14. The van der Waals surface area contributed by atoms with Crippen molar-refractivity contribution in [1.82, 2.24) is 0 Å². The van der Waals surface area contributed by atoms with Crippen LogP contribution in [0.3, 0.4) is 0 Å². The zero-order valence-electron chi connectivity index (χ0n) is 13.5. The van der Waals surface area contributed by atoms with E-state index in [9.17, 15) is 18.7 Å². The molecular weight excluding hydrogens is 334 g/mol. The van der Waals surface area contributed by atoms with Crippen LogP contribution in [0.2, 0.25) is 0 Å². The third kappa shape index (κ3) is 4.69. The van der Waals surface area contributed by atoms with Crippen molar-refractivity contribution in [3.05, 3.63) is 53.6 Å². The Morgan fingerprint density at radius 2 is 1.76 bits per heavy atom. The SMILES string of the molecule is COc1cc(C(=O)/C=C/c2ccc(OC)c(OC(F)F)c2)ccc1O. The van der Waals surface area contributed by atoms with Crippen LogP contribution < -0.4 is 14.2 Å². The van der Waals surface area contributed by atoms with Gasteiger partial charge in [-0.1, -0.05) is 12.1 Å². The van der Waals surface area contributed by atoms with Gasteiger partial charge in [0.1, 0.15) is 0 Å². The van der Waals surface area contributed by atoms with Gasteiger partial charge in [-0.15, -0.1) is 0 Å². The number of carbonyl (C=O) groups is 1. The summed E-state index contributed by atoms with van der Waals surface area (Å²) in [5.74, 6) is -0.209. The van der Waals surface area contributed by atoms with E-state index in [0.29, 0.717) is 11.1 Å². The van der Waals surface area contributed by atoms with Crippen molar-refractivity contribution in [2.45, 2.75) is 6.61 Å². The maximum Gasteiger partial charge on any atom is 0.387 e. The van der Waals surface area contributed by atoms with E-state index >= 15 is 0 Å². The Morgan fingerprint density at radius 3 is 2.40 bits per heavy atom. The molecule has 0 spiro atoms. The number of hydrogen-bond acceptors (Lipinski definition) is 5. The molecule has 2 aromatic carbocycles. The molecule has 0 saturated carbocycles. The quantitative estimate of drug-likeness (QED) is 0.606. The lowest BCUT2D eigenvalue weighted by Gasteiger charge is -2.10. The molecule has 25 heavy (non-hydrogen) atoms. The van der Waals surface area contributed by atoms with Gasteiger partial charge in [-0.25, -0.2) is 0 Å². The van der Waals surface area contributed by atoms with Crippen LogP contribution in [0.25, 0.3) is 6.08 Å². The first kappa shape index (κ1) is 18.3. The number of rotatable bonds is 7. The minimum absolute atomic E-state index is 0.0769. The summed E-state index contributed by atoms with van der Waals surface area (Å²) < 4.78 is 39.1. The van der Waals surface area contributed by atoms with Gasteiger partial charge in [0.2, 0.25) is 0 Å². The van der Waals surface area contributed by atoms with E-state index < -0.39 is 6.61 Å². The summed E-state index contributed by atoms with van der Waals surface area (Å²) >= 11 is 0. The first-order valence-corrected chi connectivity index (χ1v) is 7.17. The second-order valence-electron chi connectivity index (χ2n) is 4.87. The fourth-order valence-electron chi connectivity index (χ4n) is 2.08. The van der Waals surface area contributed by atoms with Gasteiger partial charge in [0, 0.05) is 5.56 Å². The maximum atomic E-state index is 12.4. The molecule has 0 aliphatic rings. The number of benzene rings is 2. The summed E-state index contributed by atoms with van der Waals surface area (Å²) in [6, 6.07) is 8.60. The summed E-state index contributed by atoms with van der Waals surface area (Å²) in [5, 5.41) is 9.54. The van der Waals surface area contributed by atoms with Crippen LogP contribution in [-0.4, -0.2) is 31.7 Å². The van der Waals surface area contributed by atoms with Gasteiger partial charge in [-0.05, 0) is 42.0 Å². The van der Waals surface area contributed by atoms with E-state index in [-0.39, 0.29) is 28.8 Å². The van der Waals surface area contributed by atoms with E-state index in [0.717, 1.165) is 0 Å². The van der Waals surface area contributed by atoms with Crippen molar-refractivity contribution in [2.75, 3.05) is 14.2 Å². The number of methoxy groups -OCH3 is 2. The van der Waals surface area contributed by atoms with Crippen molar-refractivity contribution in [2.24, 2.45) is 0 Å². The molecule has 1 N–H and O–H groups in total. The van der Waals surface area contributed by atoms with Crippen LogP contribution in [0.5, 0.6) is 23.0 Å². The molecule has 0 saturated heterocycles. The fraction of sp³-hybridized carbons (Fsp3) is 0.167. The topological polar surface area (TPSA) is 65.0 Å². The number of ether oxygens (including phenoxy) is 3. The summed E-state index contributed by atoms with van der Waals surface area (Å²) in [5.41, 5.74) is 0.791. The van der Waals surface area contributed by atoms with E-state index in [1.54, 1.807) is 6.07 Å². The highest BCUT2D eigenvalue weighted by Gasteiger charge is 2.11. The second-order valence-corrected chi connectivity index (χ2v) is 4.87. The Balaban J connectivity index is 2.22. The fourth-order valence-corrected chi connectivity index (χ4v) is 2.08. The standard InChI is InChI=1S/C18H16F2O5/c1-23-15-8-4-11(9-17(15)25-18(19)20)3-6-13(21)12-5-7-14(22)16(10-12)24-2/h3-10,18,22H,1-2H3/b6-3+. The Morgan fingerprint density at radius 1 is 1.04 bits per heavy atom. The average molecular weight is 350 g/mol. The van der Waals surface area contributed by atoms with Gasteiger partial charge in [0.05, 0.1) is 14.2 Å². The molecule has 5 nitrogen and oxygen atoms in total. The molecule has 0 atom stereocenters. The molecule has 0 amide bonds. The van der Waals surface area contributed by atoms with Gasteiger partial charge >= 0.3 is 6.61 Å². The van der Waals surface area contributed by atoms with Gasteiger partial charge in [-0.3, -0.25) is 4.79 Å². The van der Waals surface area contributed by atoms with Crippen LogP contribution in [-0.2, 0) is 0 Å². The highest BCUT2D eigenvalue weighted by Crippen LogP contribution is 2.30. The number of alkyl halides is 2. The van der Waals surface area contributed by atoms with E-state index in [1.807, 2.05) is 0 Å².